The molecule has 0 aromatic carbocycles. The lowest BCUT2D eigenvalue weighted by atomic mass is 10.0. The van der Waals surface area contributed by atoms with Crippen LogP contribution in [0.4, 0.5) is 0 Å². The lowest BCUT2D eigenvalue weighted by Gasteiger charge is -2.10. The number of aliphatic hydroxyl groups is 1. The second kappa shape index (κ2) is 15.3. The van der Waals surface area contributed by atoms with E-state index in [9.17, 15) is 9.90 Å². The average Bonchev–Trinajstić information content (AvgIpc) is 2.45. The van der Waals surface area contributed by atoms with Gasteiger partial charge >= 0.3 is 5.97 Å². The molecule has 22 heavy (non-hydrogen) atoms. The molecule has 0 saturated heterocycles. The second-order valence-corrected chi connectivity index (χ2v) is 6.70. The van der Waals surface area contributed by atoms with Gasteiger partial charge in [0.15, 0.2) is 0 Å². The number of hydrogen-bond acceptors (Lipinski definition) is 3. The van der Waals surface area contributed by atoms with Crippen LogP contribution in [0.1, 0.15) is 104 Å². The van der Waals surface area contributed by atoms with Crippen LogP contribution in [0, 0.1) is 0 Å². The summed E-state index contributed by atoms with van der Waals surface area (Å²) in [4.78, 5) is 11.3. The fourth-order valence-electron chi connectivity index (χ4n) is 2.63. The summed E-state index contributed by atoms with van der Waals surface area (Å²) in [6.07, 6.45) is 14.1. The number of aliphatic hydroxyl groups excluding tert-OH is 1. The maximum absolute atomic E-state index is 11.3. The molecule has 0 aromatic heterocycles. The molecule has 0 radical (unpaired) electrons. The van der Waals surface area contributed by atoms with Crippen LogP contribution in [-0.4, -0.2) is 23.3 Å². The van der Waals surface area contributed by atoms with Gasteiger partial charge < -0.3 is 9.84 Å². The summed E-state index contributed by atoms with van der Waals surface area (Å²) in [5, 5.41) is 9.87. The minimum absolute atomic E-state index is 0.000833. The standard InChI is InChI=1S/C19H38O3/c1-4-5-6-11-14-18(20)15-12-9-7-8-10-13-16-19(21)22-17(2)3/h17-18,20H,4-16H2,1-3H3. The Kier molecular flexibility index (Phi) is 14.9. The van der Waals surface area contributed by atoms with Crippen molar-refractivity contribution in [2.24, 2.45) is 0 Å². The van der Waals surface area contributed by atoms with E-state index in [2.05, 4.69) is 6.92 Å². The van der Waals surface area contributed by atoms with Crippen LogP contribution in [0.5, 0.6) is 0 Å². The largest absolute Gasteiger partial charge is 0.463 e. The molecule has 0 fully saturated rings. The Morgan fingerprint density at radius 3 is 1.91 bits per heavy atom. The summed E-state index contributed by atoms with van der Waals surface area (Å²) in [7, 11) is 0. The molecule has 3 nitrogen and oxygen atoms in total. The van der Waals surface area contributed by atoms with E-state index in [1.165, 1.54) is 44.9 Å². The molecule has 0 aliphatic rings. The number of esters is 1. The molecule has 0 saturated carbocycles. The zero-order valence-electron chi connectivity index (χ0n) is 15.1. The van der Waals surface area contributed by atoms with E-state index in [-0.39, 0.29) is 18.2 Å². The molecular weight excluding hydrogens is 276 g/mol. The molecule has 1 atom stereocenters. The molecule has 0 bridgehead atoms. The topological polar surface area (TPSA) is 46.5 Å². The van der Waals surface area contributed by atoms with Crippen LogP contribution >= 0.6 is 0 Å². The quantitative estimate of drug-likeness (QED) is 0.325. The van der Waals surface area contributed by atoms with E-state index < -0.39 is 0 Å². The van der Waals surface area contributed by atoms with E-state index in [1.54, 1.807) is 0 Å². The van der Waals surface area contributed by atoms with Crippen molar-refractivity contribution in [3.8, 4) is 0 Å². The maximum atomic E-state index is 11.3. The van der Waals surface area contributed by atoms with Gasteiger partial charge in [0.1, 0.15) is 0 Å². The van der Waals surface area contributed by atoms with Crippen molar-refractivity contribution in [1.82, 2.24) is 0 Å². The lowest BCUT2D eigenvalue weighted by Crippen LogP contribution is -2.10. The molecule has 0 aliphatic heterocycles. The van der Waals surface area contributed by atoms with Crippen LogP contribution in [0.25, 0.3) is 0 Å². The molecule has 1 N–H and O–H groups in total. The van der Waals surface area contributed by atoms with Gasteiger partial charge in [0.2, 0.25) is 0 Å². The van der Waals surface area contributed by atoms with Gasteiger partial charge in [0, 0.05) is 6.42 Å². The maximum Gasteiger partial charge on any atom is 0.306 e. The number of carbonyl (C=O) groups is 1. The van der Waals surface area contributed by atoms with Gasteiger partial charge in [-0.25, -0.2) is 0 Å². The smallest absolute Gasteiger partial charge is 0.306 e. The van der Waals surface area contributed by atoms with Crippen LogP contribution in [0.3, 0.4) is 0 Å². The van der Waals surface area contributed by atoms with Crippen LogP contribution in [0.15, 0.2) is 0 Å². The molecule has 0 aliphatic carbocycles. The minimum Gasteiger partial charge on any atom is -0.463 e. The van der Waals surface area contributed by atoms with Gasteiger partial charge in [0.25, 0.3) is 0 Å². The van der Waals surface area contributed by atoms with Crippen LogP contribution in [-0.2, 0) is 9.53 Å². The fraction of sp³-hybridized carbons (Fsp3) is 0.947. The highest BCUT2D eigenvalue weighted by Crippen LogP contribution is 2.13. The Balaban J connectivity index is 3.24. The fourth-order valence-corrected chi connectivity index (χ4v) is 2.63. The Labute approximate surface area is 137 Å². The minimum atomic E-state index is -0.0948. The zero-order valence-corrected chi connectivity index (χ0v) is 15.1. The van der Waals surface area contributed by atoms with Gasteiger partial charge in [-0.05, 0) is 33.1 Å². The first-order chi connectivity index (χ1) is 10.6. The van der Waals surface area contributed by atoms with E-state index in [4.69, 9.17) is 4.74 Å². The zero-order chi connectivity index (χ0) is 16.6. The highest BCUT2D eigenvalue weighted by molar-refractivity contribution is 5.69. The number of carbonyl (C=O) groups excluding carboxylic acids is 1. The molecule has 0 amide bonds. The summed E-state index contributed by atoms with van der Waals surface area (Å²) in [6.45, 7) is 5.98. The van der Waals surface area contributed by atoms with E-state index in [1.807, 2.05) is 13.8 Å². The molecule has 0 rings (SSSR count). The van der Waals surface area contributed by atoms with Gasteiger partial charge in [-0.1, -0.05) is 64.7 Å². The number of hydrogen-bond donors (Lipinski definition) is 1. The molecule has 0 spiro atoms. The monoisotopic (exact) mass is 314 g/mol. The molecule has 0 heterocycles. The first-order valence-corrected chi connectivity index (χ1v) is 9.43. The van der Waals surface area contributed by atoms with Crippen molar-refractivity contribution in [2.45, 2.75) is 116 Å². The van der Waals surface area contributed by atoms with Crippen LogP contribution in [0.2, 0.25) is 0 Å². The summed E-state index contributed by atoms with van der Waals surface area (Å²) >= 11 is 0. The third kappa shape index (κ3) is 15.8. The Morgan fingerprint density at radius 2 is 1.36 bits per heavy atom. The molecular formula is C19H38O3. The first-order valence-electron chi connectivity index (χ1n) is 9.43. The molecule has 0 aromatic rings. The van der Waals surface area contributed by atoms with Gasteiger partial charge in [-0.2, -0.15) is 0 Å². The number of unbranched alkanes of at least 4 members (excludes halogenated alkanes) is 8. The average molecular weight is 315 g/mol. The highest BCUT2D eigenvalue weighted by Gasteiger charge is 2.05. The Hall–Kier alpha value is -0.570. The second-order valence-electron chi connectivity index (χ2n) is 6.70. The first kappa shape index (κ1) is 21.4. The van der Waals surface area contributed by atoms with Crippen molar-refractivity contribution >= 4 is 5.97 Å². The summed E-state index contributed by atoms with van der Waals surface area (Å²) in [5.41, 5.74) is 0. The molecule has 1 unspecified atom stereocenters. The Morgan fingerprint density at radius 1 is 0.864 bits per heavy atom. The van der Waals surface area contributed by atoms with Crippen molar-refractivity contribution in [3.63, 3.8) is 0 Å². The van der Waals surface area contributed by atoms with Crippen molar-refractivity contribution in [2.75, 3.05) is 0 Å². The number of rotatable bonds is 15. The SMILES string of the molecule is CCCCCCC(O)CCCCCCCCC(=O)OC(C)C. The van der Waals surface area contributed by atoms with Crippen molar-refractivity contribution < 1.29 is 14.6 Å². The highest BCUT2D eigenvalue weighted by atomic mass is 16.5. The van der Waals surface area contributed by atoms with E-state index in [0.29, 0.717) is 6.42 Å². The third-order valence-electron chi connectivity index (χ3n) is 3.93. The van der Waals surface area contributed by atoms with E-state index in [0.717, 1.165) is 32.1 Å². The predicted octanol–water partition coefficient (Wildman–Crippen LogP) is 5.39. The molecule has 132 valence electrons. The summed E-state index contributed by atoms with van der Waals surface area (Å²) in [5.74, 6) is -0.0683. The van der Waals surface area contributed by atoms with Gasteiger partial charge in [-0.3, -0.25) is 4.79 Å². The summed E-state index contributed by atoms with van der Waals surface area (Å²) in [6, 6.07) is 0. The normalized spacial score (nSPS) is 12.6. The van der Waals surface area contributed by atoms with E-state index >= 15 is 0 Å². The lowest BCUT2D eigenvalue weighted by molar-refractivity contribution is -0.147. The Bertz CT molecular complexity index is 251. The number of ether oxygens (including phenoxy) is 1. The van der Waals surface area contributed by atoms with Gasteiger partial charge in [0.05, 0.1) is 12.2 Å². The van der Waals surface area contributed by atoms with Crippen molar-refractivity contribution in [1.29, 1.82) is 0 Å². The molecule has 3 heteroatoms. The predicted molar refractivity (Wildman–Crippen MR) is 92.9 cm³/mol. The van der Waals surface area contributed by atoms with Crippen LogP contribution < -0.4 is 0 Å². The van der Waals surface area contributed by atoms with Crippen molar-refractivity contribution in [3.05, 3.63) is 0 Å². The summed E-state index contributed by atoms with van der Waals surface area (Å²) < 4.78 is 5.10. The third-order valence-corrected chi connectivity index (χ3v) is 3.93. The van der Waals surface area contributed by atoms with Gasteiger partial charge in [-0.15, -0.1) is 0 Å².